The molecule has 108 valence electrons. The molecule has 7 heteroatoms. The first-order valence-electron chi connectivity index (χ1n) is 6.87. The highest BCUT2D eigenvalue weighted by Gasteiger charge is 2.10. The van der Waals surface area contributed by atoms with Crippen molar-refractivity contribution in [2.75, 3.05) is 11.9 Å². The highest BCUT2D eigenvalue weighted by atomic mass is 32.2. The molecule has 0 aliphatic rings. The van der Waals surface area contributed by atoms with Crippen molar-refractivity contribution < 1.29 is 0 Å². The summed E-state index contributed by atoms with van der Waals surface area (Å²) in [6, 6.07) is 0. The zero-order valence-electron chi connectivity index (χ0n) is 12.1. The minimum absolute atomic E-state index is 0.479. The first kappa shape index (κ1) is 14.8. The molecule has 0 radical (unpaired) electrons. The lowest BCUT2D eigenvalue weighted by molar-refractivity contribution is 0.809. The molecule has 0 aliphatic heterocycles. The molecule has 0 saturated carbocycles. The van der Waals surface area contributed by atoms with Crippen LogP contribution in [0.1, 0.15) is 33.6 Å². The number of hydrogen-bond donors (Lipinski definition) is 1. The van der Waals surface area contributed by atoms with Crippen LogP contribution in [0.4, 0.5) is 5.95 Å². The molecule has 2 rings (SSSR count). The zero-order chi connectivity index (χ0) is 14.4. The Morgan fingerprint density at radius 3 is 2.80 bits per heavy atom. The Hall–Kier alpha value is -1.63. The number of nitrogens with zero attached hydrogens (tertiary/aromatic N) is 5. The molecule has 0 aliphatic carbocycles. The first-order valence-corrected chi connectivity index (χ1v) is 7.75. The van der Waals surface area contributed by atoms with Crippen LogP contribution < -0.4 is 5.32 Å². The summed E-state index contributed by atoms with van der Waals surface area (Å²) in [4.78, 5) is 17.4. The summed E-state index contributed by atoms with van der Waals surface area (Å²) in [6.07, 6.45) is 7.34. The number of aromatic nitrogens is 5. The lowest BCUT2D eigenvalue weighted by atomic mass is 10.4. The fourth-order valence-corrected chi connectivity index (χ4v) is 2.27. The van der Waals surface area contributed by atoms with Gasteiger partial charge in [-0.1, -0.05) is 32.5 Å². The molecule has 1 N–H and O–H groups in total. The summed E-state index contributed by atoms with van der Waals surface area (Å²) < 4.78 is 1.79. The molecular formula is C13H20N6S. The molecule has 2 aromatic heterocycles. The normalized spacial score (nSPS) is 12.3. The largest absolute Gasteiger partial charge is 0.354 e. The fraction of sp³-hybridized carbons (Fsp3) is 0.538. The van der Waals surface area contributed by atoms with Gasteiger partial charge in [-0.05, 0) is 12.8 Å². The third-order valence-corrected chi connectivity index (χ3v) is 3.88. The van der Waals surface area contributed by atoms with E-state index in [0.29, 0.717) is 17.1 Å². The van der Waals surface area contributed by atoms with Gasteiger partial charge in [0, 0.05) is 24.2 Å². The lowest BCUT2D eigenvalue weighted by Gasteiger charge is -2.10. The molecule has 0 spiro atoms. The van der Waals surface area contributed by atoms with Gasteiger partial charge < -0.3 is 5.32 Å². The predicted octanol–water partition coefficient (Wildman–Crippen LogP) is 2.77. The quantitative estimate of drug-likeness (QED) is 0.791. The van der Waals surface area contributed by atoms with E-state index in [4.69, 9.17) is 0 Å². The Morgan fingerprint density at radius 1 is 1.30 bits per heavy atom. The molecule has 6 nitrogen and oxygen atoms in total. The van der Waals surface area contributed by atoms with Gasteiger partial charge in [0.2, 0.25) is 11.9 Å². The molecule has 0 amide bonds. The van der Waals surface area contributed by atoms with Crippen molar-refractivity contribution in [2.45, 2.75) is 44.0 Å². The maximum atomic E-state index is 4.50. The second-order valence-corrected chi connectivity index (χ2v) is 5.88. The van der Waals surface area contributed by atoms with Crippen LogP contribution in [0.15, 0.2) is 23.9 Å². The summed E-state index contributed by atoms with van der Waals surface area (Å²) in [5.41, 5.74) is 0. The molecule has 20 heavy (non-hydrogen) atoms. The van der Waals surface area contributed by atoms with Crippen LogP contribution in [0.3, 0.4) is 0 Å². The van der Waals surface area contributed by atoms with Gasteiger partial charge in [-0.2, -0.15) is 15.0 Å². The number of imidazole rings is 1. The molecule has 0 aromatic carbocycles. The Balaban J connectivity index is 2.28. The highest BCUT2D eigenvalue weighted by Crippen LogP contribution is 2.22. The molecule has 0 bridgehead atoms. The summed E-state index contributed by atoms with van der Waals surface area (Å²) in [6.45, 7) is 7.29. The van der Waals surface area contributed by atoms with Gasteiger partial charge in [0.15, 0.2) is 5.16 Å². The van der Waals surface area contributed by atoms with E-state index < -0.39 is 0 Å². The minimum atomic E-state index is 0.479. The smallest absolute Gasteiger partial charge is 0.240 e. The summed E-state index contributed by atoms with van der Waals surface area (Å²) in [7, 11) is 0. The SMILES string of the molecule is CCCNc1nc(SC(C)CC)nc(-n2ccnc2)n1. The molecule has 2 aromatic rings. The van der Waals surface area contributed by atoms with Crippen molar-refractivity contribution in [3.05, 3.63) is 18.7 Å². The number of hydrogen-bond acceptors (Lipinski definition) is 6. The molecular weight excluding hydrogens is 272 g/mol. The highest BCUT2D eigenvalue weighted by molar-refractivity contribution is 7.99. The van der Waals surface area contributed by atoms with Gasteiger partial charge >= 0.3 is 0 Å². The van der Waals surface area contributed by atoms with Crippen molar-refractivity contribution in [3.63, 3.8) is 0 Å². The van der Waals surface area contributed by atoms with E-state index in [-0.39, 0.29) is 0 Å². The predicted molar refractivity (Wildman–Crippen MR) is 81.3 cm³/mol. The van der Waals surface area contributed by atoms with Crippen molar-refractivity contribution in [2.24, 2.45) is 0 Å². The molecule has 0 saturated heterocycles. The maximum absolute atomic E-state index is 4.50. The zero-order valence-corrected chi connectivity index (χ0v) is 12.9. The van der Waals surface area contributed by atoms with Crippen LogP contribution in [0.2, 0.25) is 0 Å². The number of rotatable bonds is 7. The maximum Gasteiger partial charge on any atom is 0.240 e. The topological polar surface area (TPSA) is 68.5 Å². The Kier molecular flexibility index (Phi) is 5.34. The van der Waals surface area contributed by atoms with E-state index in [1.165, 1.54) is 0 Å². The van der Waals surface area contributed by atoms with E-state index in [1.807, 2.05) is 6.20 Å². The van der Waals surface area contributed by atoms with E-state index in [9.17, 15) is 0 Å². The summed E-state index contributed by atoms with van der Waals surface area (Å²) in [5.74, 6) is 1.22. The van der Waals surface area contributed by atoms with Crippen LogP contribution in [-0.2, 0) is 0 Å². The minimum Gasteiger partial charge on any atom is -0.354 e. The third kappa shape index (κ3) is 3.93. The van der Waals surface area contributed by atoms with Crippen LogP contribution >= 0.6 is 11.8 Å². The van der Waals surface area contributed by atoms with E-state index >= 15 is 0 Å². The monoisotopic (exact) mass is 292 g/mol. The average Bonchev–Trinajstić information content (AvgIpc) is 2.99. The van der Waals surface area contributed by atoms with Gasteiger partial charge in [0.05, 0.1) is 0 Å². The van der Waals surface area contributed by atoms with Crippen LogP contribution in [0.5, 0.6) is 0 Å². The Bertz CT molecular complexity index is 528. The van der Waals surface area contributed by atoms with Gasteiger partial charge in [-0.15, -0.1) is 0 Å². The standard InChI is InChI=1S/C13H20N6S/c1-4-6-15-11-16-12(19-8-7-14-9-19)18-13(17-11)20-10(3)5-2/h7-10H,4-6H2,1-3H3,(H,15,16,17,18). The van der Waals surface area contributed by atoms with Crippen LogP contribution in [0.25, 0.3) is 5.95 Å². The number of nitrogens with one attached hydrogen (secondary N) is 1. The van der Waals surface area contributed by atoms with Gasteiger partial charge in [0.1, 0.15) is 6.33 Å². The number of thioether (sulfide) groups is 1. The molecule has 0 fully saturated rings. The molecule has 1 unspecified atom stereocenters. The van der Waals surface area contributed by atoms with Crippen molar-refractivity contribution in [3.8, 4) is 5.95 Å². The molecule has 2 heterocycles. The first-order chi connectivity index (χ1) is 9.72. The Morgan fingerprint density at radius 2 is 2.15 bits per heavy atom. The van der Waals surface area contributed by atoms with Gasteiger partial charge in [0.25, 0.3) is 0 Å². The van der Waals surface area contributed by atoms with Crippen LogP contribution in [0, 0.1) is 0 Å². The number of anilines is 1. The van der Waals surface area contributed by atoms with E-state index in [1.54, 1.807) is 28.9 Å². The van der Waals surface area contributed by atoms with Crippen LogP contribution in [-0.4, -0.2) is 36.3 Å². The van der Waals surface area contributed by atoms with Crippen molar-refractivity contribution in [1.82, 2.24) is 24.5 Å². The van der Waals surface area contributed by atoms with Gasteiger partial charge in [-0.25, -0.2) is 4.98 Å². The van der Waals surface area contributed by atoms with Gasteiger partial charge in [-0.3, -0.25) is 4.57 Å². The summed E-state index contributed by atoms with van der Waals surface area (Å²) >= 11 is 1.67. The van der Waals surface area contributed by atoms with Crippen molar-refractivity contribution >= 4 is 17.7 Å². The second kappa shape index (κ2) is 7.23. The van der Waals surface area contributed by atoms with Crippen molar-refractivity contribution in [1.29, 1.82) is 0 Å². The van der Waals surface area contributed by atoms with E-state index in [0.717, 1.165) is 24.5 Å². The fourth-order valence-electron chi connectivity index (χ4n) is 1.47. The third-order valence-electron chi connectivity index (χ3n) is 2.75. The average molecular weight is 292 g/mol. The van der Waals surface area contributed by atoms with E-state index in [2.05, 4.69) is 46.0 Å². The second-order valence-electron chi connectivity index (χ2n) is 4.48. The Labute approximate surface area is 123 Å². The molecule has 1 atom stereocenters. The lowest BCUT2D eigenvalue weighted by Crippen LogP contribution is -2.10. The summed E-state index contributed by atoms with van der Waals surface area (Å²) in [5, 5.41) is 4.44.